The number of benzene rings is 1. The zero-order chi connectivity index (χ0) is 5.98. The number of rotatable bonds is 0. The molecule has 0 aliphatic heterocycles. The second-order valence-corrected chi connectivity index (χ2v) is 2.34. The third-order valence-corrected chi connectivity index (χ3v) is 1.27. The van der Waals surface area contributed by atoms with Crippen LogP contribution in [0.15, 0.2) is 24.3 Å². The minimum atomic E-state index is 0.817. The summed E-state index contributed by atoms with van der Waals surface area (Å²) < 4.78 is 1.13. The fourth-order valence-corrected chi connectivity index (χ4v) is 0.863. The lowest BCUT2D eigenvalue weighted by atomic mass is 10.3. The zero-order valence-electron chi connectivity index (χ0n) is 4.46. The minimum absolute atomic E-state index is 0.817. The summed E-state index contributed by atoms with van der Waals surface area (Å²) in [5.41, 5.74) is 6.26. The van der Waals surface area contributed by atoms with Crippen LogP contribution < -0.4 is 10.2 Å². The molecule has 0 aliphatic rings. The van der Waals surface area contributed by atoms with Gasteiger partial charge in [-0.2, -0.15) is 0 Å². The Hall–Kier alpha value is -0.448. The van der Waals surface area contributed by atoms with Crippen LogP contribution in [0, 0.1) is 0 Å². The molecule has 0 aromatic heterocycles. The second-order valence-electron chi connectivity index (χ2n) is 1.67. The van der Waals surface area contributed by atoms with Gasteiger partial charge in [-0.3, -0.25) is 0 Å². The van der Waals surface area contributed by atoms with Crippen molar-refractivity contribution in [1.82, 2.24) is 0 Å². The van der Waals surface area contributed by atoms with Gasteiger partial charge in [0, 0.05) is 5.69 Å². The van der Waals surface area contributed by atoms with Gasteiger partial charge in [-0.15, -0.1) is 4.43 Å². The summed E-state index contributed by atoms with van der Waals surface area (Å²) in [5, 5.41) is 0. The summed E-state index contributed by atoms with van der Waals surface area (Å²) in [6.07, 6.45) is 0. The van der Waals surface area contributed by atoms with Crippen LogP contribution in [0.25, 0.3) is 0 Å². The average molecular weight is 119 g/mol. The molecule has 1 aromatic carbocycles. The van der Waals surface area contributed by atoms with Crippen LogP contribution in [0.4, 0.5) is 5.69 Å². The quantitative estimate of drug-likeness (QED) is 0.379. The Labute approximate surface area is 56.9 Å². The first-order valence-electron chi connectivity index (χ1n) is 2.40. The monoisotopic (exact) mass is 119 g/mol. The molecule has 0 bridgehead atoms. The van der Waals surface area contributed by atoms with E-state index in [9.17, 15) is 0 Å². The first kappa shape index (κ1) is 5.68. The minimum Gasteiger partial charge on any atom is -0.399 e. The molecule has 0 unspecified atom stereocenters. The molecule has 0 atom stereocenters. The van der Waals surface area contributed by atoms with Crippen LogP contribution in [0.2, 0.25) is 0 Å². The Morgan fingerprint density at radius 3 is 2.50 bits per heavy atom. The lowest BCUT2D eigenvalue weighted by Crippen LogP contribution is -2.01. The van der Waals surface area contributed by atoms with Crippen molar-refractivity contribution in [1.29, 1.82) is 0 Å². The number of hydrogen-bond donors (Lipinski definition) is 1. The Kier molecular flexibility index (Phi) is 1.57. The average Bonchev–Trinajstić information content (AvgIpc) is 1.64. The Balaban J connectivity index is 3.08. The van der Waals surface area contributed by atoms with Crippen molar-refractivity contribution in [2.75, 3.05) is 5.73 Å². The molecule has 0 amide bonds. The van der Waals surface area contributed by atoms with E-state index >= 15 is 0 Å². The smallest absolute Gasteiger partial charge is 0.175 e. The predicted molar refractivity (Wildman–Crippen MR) is 36.2 cm³/mol. The maximum atomic E-state index is 5.45. The number of anilines is 1. The van der Waals surface area contributed by atoms with Gasteiger partial charge in [-0.05, 0) is 6.07 Å². The molecule has 1 aromatic rings. The predicted octanol–water partition coefficient (Wildman–Crippen LogP) is 0.0626. The SMILES string of the molecule is Nc1ccc[c]([Al])c1. The highest BCUT2D eigenvalue weighted by molar-refractivity contribution is 6.32. The van der Waals surface area contributed by atoms with Gasteiger partial charge in [-0.1, -0.05) is 18.2 Å². The highest BCUT2D eigenvalue weighted by atomic mass is 27.0. The molecule has 0 saturated heterocycles. The van der Waals surface area contributed by atoms with Crippen molar-refractivity contribution in [3.8, 4) is 0 Å². The van der Waals surface area contributed by atoms with Crippen molar-refractivity contribution in [2.24, 2.45) is 0 Å². The van der Waals surface area contributed by atoms with Crippen molar-refractivity contribution in [3.63, 3.8) is 0 Å². The van der Waals surface area contributed by atoms with Gasteiger partial charge < -0.3 is 5.73 Å². The Morgan fingerprint density at radius 2 is 2.12 bits per heavy atom. The fraction of sp³-hybridized carbons (Fsp3) is 0. The first-order valence-corrected chi connectivity index (χ1v) is 2.98. The van der Waals surface area contributed by atoms with E-state index in [1.165, 1.54) is 0 Å². The van der Waals surface area contributed by atoms with Gasteiger partial charge in [0.2, 0.25) is 0 Å². The van der Waals surface area contributed by atoms with Gasteiger partial charge in [0.15, 0.2) is 16.3 Å². The topological polar surface area (TPSA) is 26.0 Å². The third kappa shape index (κ3) is 1.26. The maximum Gasteiger partial charge on any atom is 0.175 e. The van der Waals surface area contributed by atoms with Gasteiger partial charge >= 0.3 is 0 Å². The highest BCUT2D eigenvalue weighted by Gasteiger charge is 1.80. The van der Waals surface area contributed by atoms with E-state index < -0.39 is 0 Å². The molecule has 0 spiro atoms. The van der Waals surface area contributed by atoms with E-state index in [1.54, 1.807) is 0 Å². The molecule has 2 heteroatoms. The van der Waals surface area contributed by atoms with E-state index in [1.807, 2.05) is 24.3 Å². The first-order chi connectivity index (χ1) is 3.79. The number of hydrogen-bond acceptors (Lipinski definition) is 1. The molecule has 0 aliphatic carbocycles. The standard InChI is InChI=1S/C6H6N.Al/c7-6-4-2-1-3-5-6;/h1-2,4-5H,7H2;. The highest BCUT2D eigenvalue weighted by Crippen LogP contribution is 1.93. The van der Waals surface area contributed by atoms with E-state index in [4.69, 9.17) is 5.73 Å². The fourth-order valence-electron chi connectivity index (χ4n) is 0.559. The van der Waals surface area contributed by atoms with E-state index in [-0.39, 0.29) is 0 Å². The van der Waals surface area contributed by atoms with Crippen LogP contribution in [0.5, 0.6) is 0 Å². The van der Waals surface area contributed by atoms with Crippen LogP contribution in [-0.4, -0.2) is 16.3 Å². The van der Waals surface area contributed by atoms with E-state index in [2.05, 4.69) is 16.3 Å². The molecular formula is C6H6AlN. The van der Waals surface area contributed by atoms with E-state index in [0.717, 1.165) is 10.1 Å². The molecule has 2 radical (unpaired) electrons. The molecule has 1 nitrogen and oxygen atoms in total. The van der Waals surface area contributed by atoms with Gasteiger partial charge in [0.25, 0.3) is 0 Å². The molecule has 38 valence electrons. The molecule has 1 rings (SSSR count). The Bertz CT molecular complexity index is 168. The van der Waals surface area contributed by atoms with Gasteiger partial charge in [0.05, 0.1) is 0 Å². The summed E-state index contributed by atoms with van der Waals surface area (Å²) in [6, 6.07) is 7.69. The van der Waals surface area contributed by atoms with E-state index in [0.29, 0.717) is 0 Å². The molecule has 0 fully saturated rings. The van der Waals surface area contributed by atoms with Crippen LogP contribution >= 0.6 is 0 Å². The van der Waals surface area contributed by atoms with Crippen LogP contribution in [0.3, 0.4) is 0 Å². The molecule has 0 saturated carbocycles. The lowest BCUT2D eigenvalue weighted by molar-refractivity contribution is 1.73. The molecular weight excluding hydrogens is 113 g/mol. The van der Waals surface area contributed by atoms with Crippen molar-refractivity contribution < 1.29 is 0 Å². The molecule has 8 heavy (non-hydrogen) atoms. The number of nitrogens with two attached hydrogens (primary N) is 1. The lowest BCUT2D eigenvalue weighted by Gasteiger charge is -1.92. The largest absolute Gasteiger partial charge is 0.399 e. The summed E-state index contributed by atoms with van der Waals surface area (Å²) in [5.74, 6) is 0. The van der Waals surface area contributed by atoms with Crippen molar-refractivity contribution >= 4 is 26.4 Å². The van der Waals surface area contributed by atoms with Crippen LogP contribution in [0.1, 0.15) is 0 Å². The normalized spacial score (nSPS) is 9.00. The summed E-state index contributed by atoms with van der Waals surface area (Å²) in [4.78, 5) is 0. The van der Waals surface area contributed by atoms with Crippen molar-refractivity contribution in [3.05, 3.63) is 24.3 Å². The van der Waals surface area contributed by atoms with Crippen LogP contribution in [-0.2, 0) is 0 Å². The summed E-state index contributed by atoms with van der Waals surface area (Å²) >= 11 is 2.58. The molecule has 0 heterocycles. The second kappa shape index (κ2) is 2.21. The summed E-state index contributed by atoms with van der Waals surface area (Å²) in [6.45, 7) is 0. The van der Waals surface area contributed by atoms with Gasteiger partial charge in [-0.25, -0.2) is 0 Å². The number of nitrogen functional groups attached to an aromatic ring is 1. The Morgan fingerprint density at radius 1 is 1.38 bits per heavy atom. The third-order valence-electron chi connectivity index (χ3n) is 0.911. The van der Waals surface area contributed by atoms with Crippen molar-refractivity contribution in [2.45, 2.75) is 0 Å². The summed E-state index contributed by atoms with van der Waals surface area (Å²) in [7, 11) is 0. The maximum absolute atomic E-state index is 5.45. The van der Waals surface area contributed by atoms with Gasteiger partial charge in [0.1, 0.15) is 0 Å². The zero-order valence-corrected chi connectivity index (χ0v) is 5.62. The molecule has 2 N–H and O–H groups in total.